The van der Waals surface area contributed by atoms with Crippen LogP contribution in [0.4, 0.5) is 5.69 Å². The Morgan fingerprint density at radius 3 is 2.33 bits per heavy atom. The number of methoxy groups -OCH3 is 3. The van der Waals surface area contributed by atoms with Gasteiger partial charge in [-0.15, -0.1) is 0 Å². The molecule has 3 aromatic rings. The van der Waals surface area contributed by atoms with E-state index in [1.165, 1.54) is 0 Å². The van der Waals surface area contributed by atoms with Gasteiger partial charge >= 0.3 is 0 Å². The van der Waals surface area contributed by atoms with E-state index in [0.29, 0.717) is 23.7 Å². The number of rotatable bonds is 4. The van der Waals surface area contributed by atoms with Crippen molar-refractivity contribution in [2.24, 2.45) is 0 Å². The van der Waals surface area contributed by atoms with Gasteiger partial charge in [0.1, 0.15) is 0 Å². The molecule has 27 heavy (non-hydrogen) atoms. The Hall–Kier alpha value is -3.21. The van der Waals surface area contributed by atoms with E-state index < -0.39 is 0 Å². The van der Waals surface area contributed by atoms with E-state index in [0.717, 1.165) is 27.6 Å². The minimum absolute atomic E-state index is 0.0132. The molecule has 0 fully saturated rings. The molecule has 0 spiro atoms. The molecule has 0 unspecified atom stereocenters. The van der Waals surface area contributed by atoms with Crippen molar-refractivity contribution in [2.45, 2.75) is 12.3 Å². The molecule has 1 aliphatic heterocycles. The molecule has 1 atom stereocenters. The minimum Gasteiger partial charge on any atom is -0.493 e. The second-order valence-electron chi connectivity index (χ2n) is 6.48. The zero-order chi connectivity index (χ0) is 19.0. The van der Waals surface area contributed by atoms with Gasteiger partial charge in [0.05, 0.1) is 27.0 Å². The molecule has 1 heterocycles. The third-order valence-electron chi connectivity index (χ3n) is 5.10. The quantitative estimate of drug-likeness (QED) is 0.749. The van der Waals surface area contributed by atoms with Crippen LogP contribution in [-0.4, -0.2) is 27.2 Å². The molecule has 1 amide bonds. The van der Waals surface area contributed by atoms with Gasteiger partial charge in [0.2, 0.25) is 11.7 Å². The van der Waals surface area contributed by atoms with E-state index in [1.807, 2.05) is 36.4 Å². The summed E-state index contributed by atoms with van der Waals surface area (Å²) >= 11 is 0. The largest absolute Gasteiger partial charge is 0.493 e. The van der Waals surface area contributed by atoms with E-state index in [-0.39, 0.29) is 11.8 Å². The number of nitrogens with one attached hydrogen (secondary N) is 1. The summed E-state index contributed by atoms with van der Waals surface area (Å²) in [5.74, 6) is 1.58. The van der Waals surface area contributed by atoms with Crippen LogP contribution in [0.25, 0.3) is 10.8 Å². The smallest absolute Gasteiger partial charge is 0.225 e. The number of hydrogen-bond donors (Lipinski definition) is 1. The van der Waals surface area contributed by atoms with E-state index in [2.05, 4.69) is 17.4 Å². The summed E-state index contributed by atoms with van der Waals surface area (Å²) in [7, 11) is 4.77. The maximum atomic E-state index is 12.5. The lowest BCUT2D eigenvalue weighted by atomic mass is 9.82. The molecule has 0 aromatic heterocycles. The molecule has 0 saturated heterocycles. The number of benzene rings is 3. The number of amides is 1. The summed E-state index contributed by atoms with van der Waals surface area (Å²) in [6, 6.07) is 16.0. The topological polar surface area (TPSA) is 56.8 Å². The first-order valence-electron chi connectivity index (χ1n) is 8.78. The predicted octanol–water partition coefficient (Wildman–Crippen LogP) is 4.34. The Balaban J connectivity index is 1.94. The van der Waals surface area contributed by atoms with Gasteiger partial charge in [-0.25, -0.2) is 0 Å². The van der Waals surface area contributed by atoms with Crippen molar-refractivity contribution in [2.75, 3.05) is 26.6 Å². The number of ether oxygens (including phenoxy) is 3. The van der Waals surface area contributed by atoms with Crippen molar-refractivity contribution in [3.8, 4) is 17.2 Å². The molecule has 4 rings (SSSR count). The first kappa shape index (κ1) is 17.2. The Bertz CT molecular complexity index is 1030. The Morgan fingerprint density at radius 1 is 0.852 bits per heavy atom. The molecule has 0 bridgehead atoms. The van der Waals surface area contributed by atoms with Gasteiger partial charge in [-0.1, -0.05) is 42.5 Å². The summed E-state index contributed by atoms with van der Waals surface area (Å²) in [5.41, 5.74) is 2.84. The summed E-state index contributed by atoms with van der Waals surface area (Å²) in [6.07, 6.45) is 0.344. The highest BCUT2D eigenvalue weighted by Gasteiger charge is 2.31. The monoisotopic (exact) mass is 363 g/mol. The molecule has 3 aromatic carbocycles. The fourth-order valence-electron chi connectivity index (χ4n) is 3.88. The van der Waals surface area contributed by atoms with Gasteiger partial charge in [-0.3, -0.25) is 4.79 Å². The van der Waals surface area contributed by atoms with E-state index in [9.17, 15) is 4.79 Å². The average molecular weight is 363 g/mol. The Kier molecular flexibility index (Phi) is 4.36. The molecule has 5 nitrogen and oxygen atoms in total. The van der Waals surface area contributed by atoms with Gasteiger partial charge < -0.3 is 19.5 Å². The lowest BCUT2D eigenvalue weighted by molar-refractivity contribution is -0.116. The highest BCUT2D eigenvalue weighted by molar-refractivity contribution is 6.06. The van der Waals surface area contributed by atoms with Crippen LogP contribution in [0.1, 0.15) is 23.5 Å². The molecule has 138 valence electrons. The van der Waals surface area contributed by atoms with E-state index in [4.69, 9.17) is 14.2 Å². The van der Waals surface area contributed by atoms with Crippen LogP contribution in [0, 0.1) is 0 Å². The second kappa shape index (κ2) is 6.83. The number of carbonyl (C=O) groups excluding carboxylic acids is 1. The SMILES string of the molecule is COc1ccc([C@@H]2CC(=O)Nc3c2ccc2ccccc32)c(OC)c1OC. The van der Waals surface area contributed by atoms with Gasteiger partial charge in [-0.2, -0.15) is 0 Å². The summed E-state index contributed by atoms with van der Waals surface area (Å²) in [6.45, 7) is 0. The second-order valence-corrected chi connectivity index (χ2v) is 6.48. The van der Waals surface area contributed by atoms with Gasteiger partial charge in [-0.05, 0) is 17.0 Å². The number of hydrogen-bond acceptors (Lipinski definition) is 4. The normalized spacial score (nSPS) is 15.8. The molecule has 1 aliphatic rings. The Morgan fingerprint density at radius 2 is 1.59 bits per heavy atom. The lowest BCUT2D eigenvalue weighted by Gasteiger charge is -2.29. The molecule has 0 aliphatic carbocycles. The first-order chi connectivity index (χ1) is 13.2. The number of anilines is 1. The maximum absolute atomic E-state index is 12.5. The fraction of sp³-hybridized carbons (Fsp3) is 0.227. The molecular weight excluding hydrogens is 342 g/mol. The van der Waals surface area contributed by atoms with Crippen LogP contribution >= 0.6 is 0 Å². The molecule has 1 N–H and O–H groups in total. The lowest BCUT2D eigenvalue weighted by Crippen LogP contribution is -2.24. The predicted molar refractivity (Wildman–Crippen MR) is 105 cm³/mol. The average Bonchev–Trinajstić information content (AvgIpc) is 2.71. The maximum Gasteiger partial charge on any atom is 0.225 e. The molecule has 0 radical (unpaired) electrons. The van der Waals surface area contributed by atoms with Crippen LogP contribution in [0.5, 0.6) is 17.2 Å². The van der Waals surface area contributed by atoms with E-state index in [1.54, 1.807) is 21.3 Å². The van der Waals surface area contributed by atoms with Crippen molar-refractivity contribution in [3.05, 3.63) is 59.7 Å². The summed E-state index contributed by atoms with van der Waals surface area (Å²) < 4.78 is 16.6. The van der Waals surface area contributed by atoms with Crippen molar-refractivity contribution < 1.29 is 19.0 Å². The summed E-state index contributed by atoms with van der Waals surface area (Å²) in [5, 5.41) is 5.18. The molecule has 0 saturated carbocycles. The van der Waals surface area contributed by atoms with Crippen LogP contribution in [0.15, 0.2) is 48.5 Å². The number of carbonyl (C=O) groups is 1. The zero-order valence-electron chi connectivity index (χ0n) is 15.5. The van der Waals surface area contributed by atoms with Crippen molar-refractivity contribution in [1.82, 2.24) is 0 Å². The summed E-state index contributed by atoms with van der Waals surface area (Å²) in [4.78, 5) is 12.5. The van der Waals surface area contributed by atoms with Gasteiger partial charge in [0.25, 0.3) is 0 Å². The third kappa shape index (κ3) is 2.76. The van der Waals surface area contributed by atoms with Crippen molar-refractivity contribution in [3.63, 3.8) is 0 Å². The van der Waals surface area contributed by atoms with Crippen LogP contribution in [-0.2, 0) is 4.79 Å². The van der Waals surface area contributed by atoms with Crippen LogP contribution in [0.3, 0.4) is 0 Å². The Labute approximate surface area is 157 Å². The van der Waals surface area contributed by atoms with Crippen molar-refractivity contribution >= 4 is 22.4 Å². The fourth-order valence-corrected chi connectivity index (χ4v) is 3.88. The van der Waals surface area contributed by atoms with Gasteiger partial charge in [0, 0.05) is 23.3 Å². The zero-order valence-corrected chi connectivity index (χ0v) is 15.5. The highest BCUT2D eigenvalue weighted by atomic mass is 16.5. The molecule has 5 heteroatoms. The highest BCUT2D eigenvalue weighted by Crippen LogP contribution is 2.48. The van der Waals surface area contributed by atoms with Crippen molar-refractivity contribution in [1.29, 1.82) is 0 Å². The first-order valence-corrected chi connectivity index (χ1v) is 8.78. The van der Waals surface area contributed by atoms with Crippen LogP contribution in [0.2, 0.25) is 0 Å². The van der Waals surface area contributed by atoms with Crippen LogP contribution < -0.4 is 19.5 Å². The van der Waals surface area contributed by atoms with Gasteiger partial charge in [0.15, 0.2) is 11.5 Å². The third-order valence-corrected chi connectivity index (χ3v) is 5.10. The van der Waals surface area contributed by atoms with E-state index >= 15 is 0 Å². The standard InChI is InChI=1S/C22H21NO4/c1-25-18-11-10-16(21(26-2)22(18)27-3)17-12-19(24)23-20-14-7-5-4-6-13(14)8-9-15(17)20/h4-11,17H,12H2,1-3H3,(H,23,24)/t17-/m1/s1. The number of fused-ring (bicyclic) bond motifs is 3. The minimum atomic E-state index is -0.131. The molecular formula is C22H21NO4.